The smallest absolute Gasteiger partial charge is 0.338 e. The zero-order valence-corrected chi connectivity index (χ0v) is 15.3. The topological polar surface area (TPSA) is 90.9 Å². The molecule has 27 heavy (non-hydrogen) atoms. The van der Waals surface area contributed by atoms with Crippen molar-refractivity contribution < 1.29 is 28.6 Å². The van der Waals surface area contributed by atoms with E-state index in [0.717, 1.165) is 18.4 Å². The Morgan fingerprint density at radius 1 is 1.22 bits per heavy atom. The van der Waals surface area contributed by atoms with Gasteiger partial charge in [-0.2, -0.15) is 0 Å². The van der Waals surface area contributed by atoms with Crippen LogP contribution in [0.4, 0.5) is 5.69 Å². The van der Waals surface area contributed by atoms with Crippen LogP contribution in [0.25, 0.3) is 0 Å². The average molecular weight is 373 g/mol. The van der Waals surface area contributed by atoms with Crippen molar-refractivity contribution in [3.63, 3.8) is 0 Å². The molecule has 0 spiro atoms. The zero-order valence-electron chi connectivity index (χ0n) is 15.3. The molecule has 144 valence electrons. The van der Waals surface area contributed by atoms with E-state index in [1.54, 1.807) is 19.1 Å². The quantitative estimate of drug-likeness (QED) is 0.796. The van der Waals surface area contributed by atoms with Gasteiger partial charge < -0.3 is 19.5 Å². The fraction of sp³-hybridized carbons (Fsp3) is 0.550. The van der Waals surface area contributed by atoms with Gasteiger partial charge in [0.1, 0.15) is 12.2 Å². The van der Waals surface area contributed by atoms with Crippen molar-refractivity contribution in [3.8, 4) is 0 Å². The van der Waals surface area contributed by atoms with E-state index in [-0.39, 0.29) is 18.5 Å². The largest absolute Gasteiger partial charge is 0.465 e. The Morgan fingerprint density at radius 3 is 2.81 bits per heavy atom. The molecule has 2 bridgehead atoms. The minimum absolute atomic E-state index is 0.0396. The third-order valence-corrected chi connectivity index (χ3v) is 5.62. The minimum Gasteiger partial charge on any atom is -0.465 e. The molecule has 7 nitrogen and oxygen atoms in total. The SMILES string of the molecule is CCOC(=O)C12COC(COC(=O)c3ccc4c(c3)NC(=O)CCC4)(C1)C2. The molecular weight excluding hydrogens is 350 g/mol. The molecule has 0 radical (unpaired) electrons. The summed E-state index contributed by atoms with van der Waals surface area (Å²) in [6.07, 6.45) is 3.12. The number of anilines is 1. The number of carbonyl (C=O) groups is 3. The predicted molar refractivity (Wildman–Crippen MR) is 95.3 cm³/mol. The van der Waals surface area contributed by atoms with Gasteiger partial charge in [0, 0.05) is 12.1 Å². The van der Waals surface area contributed by atoms with E-state index in [4.69, 9.17) is 14.2 Å². The molecule has 4 aliphatic rings. The lowest BCUT2D eigenvalue weighted by molar-refractivity contribution is -0.161. The van der Waals surface area contributed by atoms with Crippen LogP contribution in [0.15, 0.2) is 18.2 Å². The molecule has 0 atom stereocenters. The number of hydrogen-bond acceptors (Lipinski definition) is 6. The summed E-state index contributed by atoms with van der Waals surface area (Å²) in [5.74, 6) is -0.733. The summed E-state index contributed by atoms with van der Waals surface area (Å²) in [4.78, 5) is 36.2. The highest BCUT2D eigenvalue weighted by molar-refractivity contribution is 5.96. The lowest BCUT2D eigenvalue weighted by Crippen LogP contribution is -2.52. The second kappa shape index (κ2) is 6.64. The minimum atomic E-state index is -0.581. The second-order valence-electron chi connectivity index (χ2n) is 7.68. The number of rotatable bonds is 5. The van der Waals surface area contributed by atoms with Crippen LogP contribution in [-0.4, -0.2) is 43.3 Å². The Labute approximate surface area is 157 Å². The number of hydrogen-bond donors (Lipinski definition) is 1. The molecule has 1 aromatic rings. The van der Waals surface area contributed by atoms with Crippen molar-refractivity contribution in [1.29, 1.82) is 0 Å². The van der Waals surface area contributed by atoms with Crippen LogP contribution in [0.1, 0.15) is 48.5 Å². The molecule has 7 heteroatoms. The Bertz CT molecular complexity index is 796. The fourth-order valence-corrected chi connectivity index (χ4v) is 4.28. The van der Waals surface area contributed by atoms with Crippen molar-refractivity contribution >= 4 is 23.5 Å². The number of amides is 1. The van der Waals surface area contributed by atoms with Crippen molar-refractivity contribution in [2.45, 2.75) is 44.6 Å². The van der Waals surface area contributed by atoms with Crippen molar-refractivity contribution in [3.05, 3.63) is 29.3 Å². The van der Waals surface area contributed by atoms with Gasteiger partial charge in [0.15, 0.2) is 0 Å². The van der Waals surface area contributed by atoms with Gasteiger partial charge in [0.2, 0.25) is 5.91 Å². The van der Waals surface area contributed by atoms with Crippen LogP contribution in [0.5, 0.6) is 0 Å². The molecule has 1 aromatic carbocycles. The summed E-state index contributed by atoms with van der Waals surface area (Å²) in [7, 11) is 0. The maximum atomic E-state index is 12.4. The summed E-state index contributed by atoms with van der Waals surface area (Å²) in [6, 6.07) is 5.24. The molecule has 1 saturated carbocycles. The Balaban J connectivity index is 1.37. The first kappa shape index (κ1) is 18.0. The van der Waals surface area contributed by atoms with Crippen LogP contribution in [0, 0.1) is 5.41 Å². The van der Waals surface area contributed by atoms with Gasteiger partial charge in [-0.05, 0) is 50.3 Å². The molecule has 5 rings (SSSR count). The first-order valence-corrected chi connectivity index (χ1v) is 9.36. The summed E-state index contributed by atoms with van der Waals surface area (Å²) in [5.41, 5.74) is 0.931. The number of benzene rings is 1. The fourth-order valence-electron chi connectivity index (χ4n) is 4.28. The first-order valence-electron chi connectivity index (χ1n) is 9.36. The number of esters is 2. The van der Waals surface area contributed by atoms with Crippen LogP contribution in [0.3, 0.4) is 0 Å². The molecule has 1 N–H and O–H groups in total. The van der Waals surface area contributed by atoms with E-state index >= 15 is 0 Å². The standard InChI is InChI=1S/C20H23NO6/c1-2-25-18(24)19-9-20(10-19,27-11-19)12-26-17(23)14-7-6-13-4-3-5-16(22)21-15(13)8-14/h6-8H,2-5,9-12H2,1H3,(H,21,22). The molecule has 1 amide bonds. The summed E-state index contributed by atoms with van der Waals surface area (Å²) in [5, 5.41) is 2.84. The van der Waals surface area contributed by atoms with Gasteiger partial charge in [-0.15, -0.1) is 0 Å². The Hall–Kier alpha value is -2.41. The summed E-state index contributed by atoms with van der Waals surface area (Å²) >= 11 is 0. The second-order valence-corrected chi connectivity index (χ2v) is 7.68. The normalized spacial score (nSPS) is 28.4. The number of ether oxygens (including phenoxy) is 3. The summed E-state index contributed by atoms with van der Waals surface area (Å²) < 4.78 is 16.3. The van der Waals surface area contributed by atoms with E-state index in [9.17, 15) is 14.4 Å². The van der Waals surface area contributed by atoms with E-state index < -0.39 is 17.0 Å². The van der Waals surface area contributed by atoms with Gasteiger partial charge in [-0.1, -0.05) is 6.07 Å². The number of nitrogens with one attached hydrogen (secondary N) is 1. The van der Waals surface area contributed by atoms with Crippen LogP contribution < -0.4 is 5.32 Å². The maximum absolute atomic E-state index is 12.4. The van der Waals surface area contributed by atoms with Crippen LogP contribution >= 0.6 is 0 Å². The van der Waals surface area contributed by atoms with Gasteiger partial charge in [0.25, 0.3) is 0 Å². The summed E-state index contributed by atoms with van der Waals surface area (Å²) in [6.45, 7) is 2.54. The van der Waals surface area contributed by atoms with Crippen LogP contribution in [-0.2, 0) is 30.2 Å². The third-order valence-electron chi connectivity index (χ3n) is 5.62. The molecule has 1 aliphatic carbocycles. The van der Waals surface area contributed by atoms with Crippen molar-refractivity contribution in [1.82, 2.24) is 0 Å². The lowest BCUT2D eigenvalue weighted by Gasteiger charge is -2.41. The highest BCUT2D eigenvalue weighted by Crippen LogP contribution is 2.58. The molecule has 3 fully saturated rings. The van der Waals surface area contributed by atoms with E-state index in [1.165, 1.54) is 0 Å². The molecule has 3 heterocycles. The van der Waals surface area contributed by atoms with Gasteiger partial charge in [0.05, 0.1) is 24.2 Å². The monoisotopic (exact) mass is 373 g/mol. The molecule has 2 saturated heterocycles. The van der Waals surface area contributed by atoms with E-state index in [0.29, 0.717) is 43.7 Å². The first-order chi connectivity index (χ1) is 13.0. The number of carbonyl (C=O) groups excluding carboxylic acids is 3. The lowest BCUT2D eigenvalue weighted by atomic mass is 9.63. The molecular formula is C20H23NO6. The van der Waals surface area contributed by atoms with Crippen LogP contribution in [0.2, 0.25) is 0 Å². The highest BCUT2D eigenvalue weighted by Gasteiger charge is 2.67. The van der Waals surface area contributed by atoms with Crippen molar-refractivity contribution in [2.24, 2.45) is 5.41 Å². The highest BCUT2D eigenvalue weighted by atomic mass is 16.6. The molecule has 3 aliphatic heterocycles. The molecule has 0 aromatic heterocycles. The third kappa shape index (κ3) is 3.20. The van der Waals surface area contributed by atoms with E-state index in [1.807, 2.05) is 6.07 Å². The Kier molecular flexibility index (Phi) is 4.42. The van der Waals surface area contributed by atoms with Crippen molar-refractivity contribution in [2.75, 3.05) is 25.1 Å². The number of aryl methyl sites for hydroxylation is 1. The molecule has 0 unspecified atom stereocenters. The van der Waals surface area contributed by atoms with E-state index in [2.05, 4.69) is 5.32 Å². The average Bonchev–Trinajstić information content (AvgIpc) is 3.12. The maximum Gasteiger partial charge on any atom is 0.338 e. The Morgan fingerprint density at radius 2 is 2.04 bits per heavy atom. The van der Waals surface area contributed by atoms with Gasteiger partial charge >= 0.3 is 11.9 Å². The zero-order chi connectivity index (χ0) is 19.1. The predicted octanol–water partition coefficient (Wildman–Crippen LogP) is 2.23. The number of fused-ring (bicyclic) bond motifs is 2. The van der Waals surface area contributed by atoms with Gasteiger partial charge in [-0.3, -0.25) is 9.59 Å². The van der Waals surface area contributed by atoms with Gasteiger partial charge in [-0.25, -0.2) is 4.79 Å².